The maximum atomic E-state index is 13.3. The molecule has 7 heteroatoms. The SMILES string of the molecule is O=C(c1cncc(Br)c1)N(Cc1ccccc1)c1nc(-c2ccc(F)cc2)cs1. The highest BCUT2D eigenvalue weighted by Crippen LogP contribution is 2.30. The van der Waals surface area contributed by atoms with Gasteiger partial charge in [0, 0.05) is 27.8 Å². The number of hydrogen-bond acceptors (Lipinski definition) is 4. The number of halogens is 2. The number of carbonyl (C=O) groups is 1. The molecule has 0 unspecified atom stereocenters. The van der Waals surface area contributed by atoms with Crippen LogP contribution >= 0.6 is 27.3 Å². The summed E-state index contributed by atoms with van der Waals surface area (Å²) in [4.78, 5) is 23.7. The van der Waals surface area contributed by atoms with E-state index < -0.39 is 0 Å². The fourth-order valence-electron chi connectivity index (χ4n) is 2.82. The first-order valence-electron chi connectivity index (χ1n) is 8.78. The smallest absolute Gasteiger partial charge is 0.261 e. The third-order valence-electron chi connectivity index (χ3n) is 4.24. The molecule has 144 valence electrons. The van der Waals surface area contributed by atoms with Gasteiger partial charge in [0.05, 0.1) is 17.8 Å². The van der Waals surface area contributed by atoms with Crippen molar-refractivity contribution in [3.05, 3.63) is 99.9 Å². The van der Waals surface area contributed by atoms with Crippen molar-refractivity contribution in [3.63, 3.8) is 0 Å². The summed E-state index contributed by atoms with van der Waals surface area (Å²) in [5.74, 6) is -0.491. The molecule has 2 aromatic carbocycles. The van der Waals surface area contributed by atoms with Crippen LogP contribution < -0.4 is 4.90 Å². The summed E-state index contributed by atoms with van der Waals surface area (Å²) in [5, 5.41) is 2.44. The van der Waals surface area contributed by atoms with Gasteiger partial charge in [-0.15, -0.1) is 11.3 Å². The Morgan fingerprint density at radius 3 is 2.55 bits per heavy atom. The number of rotatable bonds is 5. The zero-order valence-electron chi connectivity index (χ0n) is 15.1. The first kappa shape index (κ1) is 19.4. The molecule has 0 bridgehead atoms. The van der Waals surface area contributed by atoms with Crippen LogP contribution in [0.5, 0.6) is 0 Å². The van der Waals surface area contributed by atoms with Crippen molar-refractivity contribution in [1.82, 2.24) is 9.97 Å². The second-order valence-electron chi connectivity index (χ2n) is 6.29. The first-order valence-corrected chi connectivity index (χ1v) is 10.5. The Morgan fingerprint density at radius 1 is 1.07 bits per heavy atom. The van der Waals surface area contributed by atoms with Crippen LogP contribution in [0.25, 0.3) is 11.3 Å². The van der Waals surface area contributed by atoms with Crippen LogP contribution in [0.3, 0.4) is 0 Å². The third kappa shape index (κ3) is 4.58. The predicted octanol–water partition coefficient (Wildman–Crippen LogP) is 5.95. The largest absolute Gasteiger partial charge is 0.279 e. The highest BCUT2D eigenvalue weighted by molar-refractivity contribution is 9.10. The van der Waals surface area contributed by atoms with Gasteiger partial charge in [-0.2, -0.15) is 0 Å². The minimum Gasteiger partial charge on any atom is -0.279 e. The zero-order chi connectivity index (χ0) is 20.2. The summed E-state index contributed by atoms with van der Waals surface area (Å²) >= 11 is 4.74. The number of hydrogen-bond donors (Lipinski definition) is 0. The maximum absolute atomic E-state index is 13.3. The lowest BCUT2D eigenvalue weighted by molar-refractivity contribution is 0.0984. The van der Waals surface area contributed by atoms with Gasteiger partial charge in [0.1, 0.15) is 5.82 Å². The fraction of sp³-hybridized carbons (Fsp3) is 0.0455. The van der Waals surface area contributed by atoms with E-state index in [1.54, 1.807) is 35.5 Å². The second-order valence-corrected chi connectivity index (χ2v) is 8.04. The Balaban J connectivity index is 1.70. The van der Waals surface area contributed by atoms with E-state index in [1.165, 1.54) is 23.5 Å². The van der Waals surface area contributed by atoms with E-state index in [4.69, 9.17) is 0 Å². The number of nitrogens with zero attached hydrogens (tertiary/aromatic N) is 3. The van der Waals surface area contributed by atoms with Crippen LogP contribution in [0.15, 0.2) is 82.9 Å². The van der Waals surface area contributed by atoms with Gasteiger partial charge in [-0.3, -0.25) is 14.7 Å². The van der Waals surface area contributed by atoms with Gasteiger partial charge in [-0.25, -0.2) is 9.37 Å². The Morgan fingerprint density at radius 2 is 1.83 bits per heavy atom. The van der Waals surface area contributed by atoms with E-state index in [-0.39, 0.29) is 11.7 Å². The van der Waals surface area contributed by atoms with Crippen LogP contribution in [0.4, 0.5) is 9.52 Å². The average molecular weight is 468 g/mol. The lowest BCUT2D eigenvalue weighted by Gasteiger charge is -2.20. The van der Waals surface area contributed by atoms with E-state index in [9.17, 15) is 9.18 Å². The molecular formula is C22H15BrFN3OS. The molecule has 4 nitrogen and oxygen atoms in total. The van der Waals surface area contributed by atoms with Crippen molar-refractivity contribution >= 4 is 38.3 Å². The van der Waals surface area contributed by atoms with Crippen molar-refractivity contribution in [3.8, 4) is 11.3 Å². The predicted molar refractivity (Wildman–Crippen MR) is 116 cm³/mol. The number of carbonyl (C=O) groups excluding carboxylic acids is 1. The normalized spacial score (nSPS) is 10.7. The van der Waals surface area contributed by atoms with E-state index in [0.717, 1.165) is 15.6 Å². The van der Waals surface area contributed by atoms with Crippen LogP contribution in [-0.2, 0) is 6.54 Å². The Hall–Kier alpha value is -2.90. The zero-order valence-corrected chi connectivity index (χ0v) is 17.5. The minimum absolute atomic E-state index is 0.192. The quantitative estimate of drug-likeness (QED) is 0.364. The van der Waals surface area contributed by atoms with Gasteiger partial charge in [-0.05, 0) is 51.8 Å². The molecule has 0 saturated carbocycles. The number of benzene rings is 2. The van der Waals surface area contributed by atoms with E-state index >= 15 is 0 Å². The summed E-state index contributed by atoms with van der Waals surface area (Å²) in [5.41, 5.74) is 2.95. The van der Waals surface area contributed by atoms with Crippen LogP contribution in [0, 0.1) is 5.82 Å². The van der Waals surface area contributed by atoms with Gasteiger partial charge in [-0.1, -0.05) is 30.3 Å². The first-order chi connectivity index (χ1) is 14.1. The lowest BCUT2D eigenvalue weighted by atomic mass is 10.2. The van der Waals surface area contributed by atoms with Gasteiger partial charge < -0.3 is 0 Å². The molecule has 1 amide bonds. The average Bonchev–Trinajstić information content (AvgIpc) is 3.23. The summed E-state index contributed by atoms with van der Waals surface area (Å²) in [7, 11) is 0. The summed E-state index contributed by atoms with van der Waals surface area (Å²) in [6.45, 7) is 0.378. The van der Waals surface area contributed by atoms with Crippen LogP contribution in [-0.4, -0.2) is 15.9 Å². The molecule has 0 aliphatic heterocycles. The fourth-order valence-corrected chi connectivity index (χ4v) is 4.01. The van der Waals surface area contributed by atoms with Crippen molar-refractivity contribution in [2.24, 2.45) is 0 Å². The van der Waals surface area contributed by atoms with Gasteiger partial charge in [0.15, 0.2) is 5.13 Å². The van der Waals surface area contributed by atoms with Crippen molar-refractivity contribution in [2.45, 2.75) is 6.54 Å². The van der Waals surface area contributed by atoms with Crippen molar-refractivity contribution in [2.75, 3.05) is 4.90 Å². The number of anilines is 1. The summed E-state index contributed by atoms with van der Waals surface area (Å²) in [6.07, 6.45) is 3.17. The number of thiazole rings is 1. The standard InChI is InChI=1S/C22H15BrFN3OS/c23-18-10-17(11-25-12-18)21(28)27(13-15-4-2-1-3-5-15)22-26-20(14-29-22)16-6-8-19(24)9-7-16/h1-12,14H,13H2. The molecule has 4 aromatic rings. The minimum atomic E-state index is -0.299. The van der Waals surface area contributed by atoms with Crippen LogP contribution in [0.2, 0.25) is 0 Å². The summed E-state index contributed by atoms with van der Waals surface area (Å²) in [6, 6.07) is 17.6. The van der Waals surface area contributed by atoms with Crippen LogP contribution in [0.1, 0.15) is 15.9 Å². The third-order valence-corrected chi connectivity index (χ3v) is 5.54. The Bertz CT molecular complexity index is 1130. The lowest BCUT2D eigenvalue weighted by Crippen LogP contribution is -2.30. The van der Waals surface area contributed by atoms with Crippen molar-refractivity contribution in [1.29, 1.82) is 0 Å². The van der Waals surface area contributed by atoms with E-state index in [1.807, 2.05) is 35.7 Å². The number of pyridine rings is 1. The maximum Gasteiger partial charge on any atom is 0.261 e. The highest BCUT2D eigenvalue weighted by atomic mass is 79.9. The van der Waals surface area contributed by atoms with Gasteiger partial charge in [0.2, 0.25) is 0 Å². The highest BCUT2D eigenvalue weighted by Gasteiger charge is 2.22. The van der Waals surface area contributed by atoms with E-state index in [0.29, 0.717) is 22.9 Å². The number of aromatic nitrogens is 2. The molecule has 0 radical (unpaired) electrons. The second kappa shape index (κ2) is 8.63. The molecule has 0 fully saturated rings. The van der Waals surface area contributed by atoms with Gasteiger partial charge in [0.25, 0.3) is 5.91 Å². The summed E-state index contributed by atoms with van der Waals surface area (Å²) < 4.78 is 14.0. The topological polar surface area (TPSA) is 46.1 Å². The molecule has 0 atom stereocenters. The molecule has 2 heterocycles. The molecule has 0 spiro atoms. The monoisotopic (exact) mass is 467 g/mol. The Labute approximate surface area is 179 Å². The molecule has 29 heavy (non-hydrogen) atoms. The molecule has 0 aliphatic carbocycles. The molecule has 0 N–H and O–H groups in total. The molecule has 2 aromatic heterocycles. The van der Waals surface area contributed by atoms with E-state index in [2.05, 4.69) is 25.9 Å². The molecule has 0 saturated heterocycles. The molecule has 4 rings (SSSR count). The molecule has 0 aliphatic rings. The van der Waals surface area contributed by atoms with Crippen molar-refractivity contribution < 1.29 is 9.18 Å². The number of amides is 1. The van der Waals surface area contributed by atoms with Gasteiger partial charge >= 0.3 is 0 Å². The molecular weight excluding hydrogens is 453 g/mol. The Kier molecular flexibility index (Phi) is 5.78.